The second-order valence-electron chi connectivity index (χ2n) is 3.10. The minimum atomic E-state index is -0.575. The maximum absolute atomic E-state index is 11.3. The summed E-state index contributed by atoms with van der Waals surface area (Å²) in [6.45, 7) is -0.0873. The zero-order valence-electron chi connectivity index (χ0n) is 6.47. The predicted octanol–water partition coefficient (Wildman–Crippen LogP) is 0.741. The lowest BCUT2D eigenvalue weighted by atomic mass is 9.83. The summed E-state index contributed by atoms with van der Waals surface area (Å²) in [5.41, 5.74) is -0.575. The first kappa shape index (κ1) is 8.29. The number of hydrogen-bond donors (Lipinski definition) is 1. The third-order valence-corrected chi connectivity index (χ3v) is 2.39. The predicted molar refractivity (Wildman–Crippen MR) is 41.8 cm³/mol. The molecule has 1 atom stereocenters. The third kappa shape index (κ3) is 1.29. The van der Waals surface area contributed by atoms with Gasteiger partial charge in [-0.1, -0.05) is 0 Å². The summed E-state index contributed by atoms with van der Waals surface area (Å²) in [5.74, 6) is 2.59. The highest BCUT2D eigenvalue weighted by Crippen LogP contribution is 2.36. The molecule has 0 aromatic heterocycles. The molecule has 1 unspecified atom stereocenters. The van der Waals surface area contributed by atoms with Gasteiger partial charge in [-0.15, -0.1) is 12.3 Å². The maximum atomic E-state index is 11.3. The molecule has 0 amide bonds. The number of rotatable bonds is 2. The van der Waals surface area contributed by atoms with E-state index in [1.807, 2.05) is 0 Å². The van der Waals surface area contributed by atoms with Crippen LogP contribution in [0.1, 0.15) is 25.7 Å². The van der Waals surface area contributed by atoms with Crippen LogP contribution in [0.25, 0.3) is 0 Å². The molecule has 0 spiro atoms. The zero-order valence-corrected chi connectivity index (χ0v) is 6.47. The molecular weight excluding hydrogens is 140 g/mol. The number of ketones is 1. The van der Waals surface area contributed by atoms with E-state index in [-0.39, 0.29) is 12.4 Å². The van der Waals surface area contributed by atoms with Gasteiger partial charge < -0.3 is 5.11 Å². The number of carbonyl (C=O) groups excluding carboxylic acids is 1. The van der Waals surface area contributed by atoms with E-state index in [0.717, 1.165) is 12.8 Å². The molecular formula is C9H12O2. The topological polar surface area (TPSA) is 37.3 Å². The summed E-state index contributed by atoms with van der Waals surface area (Å²) in [5, 5.41) is 9.00. The molecule has 1 fully saturated rings. The molecule has 1 aliphatic rings. The largest absolute Gasteiger partial charge is 0.395 e. The maximum Gasteiger partial charge on any atom is 0.142 e. The van der Waals surface area contributed by atoms with E-state index >= 15 is 0 Å². The Kier molecular flexibility index (Phi) is 2.31. The van der Waals surface area contributed by atoms with Crippen LogP contribution in [-0.4, -0.2) is 17.5 Å². The summed E-state index contributed by atoms with van der Waals surface area (Å²) in [7, 11) is 0. The Hall–Kier alpha value is -0.810. The molecule has 0 aromatic carbocycles. The van der Waals surface area contributed by atoms with Crippen LogP contribution in [-0.2, 0) is 4.79 Å². The van der Waals surface area contributed by atoms with Gasteiger partial charge in [0.1, 0.15) is 5.78 Å². The van der Waals surface area contributed by atoms with Crippen molar-refractivity contribution in [2.45, 2.75) is 25.7 Å². The molecule has 1 saturated carbocycles. The summed E-state index contributed by atoms with van der Waals surface area (Å²) in [6.07, 6.45) is 7.73. The van der Waals surface area contributed by atoms with Crippen LogP contribution >= 0.6 is 0 Å². The second kappa shape index (κ2) is 3.06. The van der Waals surface area contributed by atoms with E-state index in [0.29, 0.717) is 12.8 Å². The van der Waals surface area contributed by atoms with Crippen LogP contribution in [0.3, 0.4) is 0 Å². The van der Waals surface area contributed by atoms with Crippen molar-refractivity contribution >= 4 is 5.78 Å². The molecule has 60 valence electrons. The first-order valence-electron chi connectivity index (χ1n) is 3.83. The molecule has 0 aromatic rings. The quantitative estimate of drug-likeness (QED) is 0.592. The Morgan fingerprint density at radius 2 is 2.45 bits per heavy atom. The number of carbonyl (C=O) groups is 1. The number of aliphatic hydroxyl groups is 1. The van der Waals surface area contributed by atoms with Crippen molar-refractivity contribution in [2.24, 2.45) is 5.41 Å². The Balaban J connectivity index is 2.75. The van der Waals surface area contributed by atoms with E-state index in [1.165, 1.54) is 0 Å². The first-order valence-corrected chi connectivity index (χ1v) is 3.83. The van der Waals surface area contributed by atoms with Crippen molar-refractivity contribution in [1.29, 1.82) is 0 Å². The number of terminal acetylenes is 1. The van der Waals surface area contributed by atoms with Crippen LogP contribution in [0.4, 0.5) is 0 Å². The fourth-order valence-corrected chi connectivity index (χ4v) is 1.60. The second-order valence-corrected chi connectivity index (χ2v) is 3.10. The van der Waals surface area contributed by atoms with Gasteiger partial charge in [-0.3, -0.25) is 4.79 Å². The fraction of sp³-hybridized carbons (Fsp3) is 0.667. The van der Waals surface area contributed by atoms with Gasteiger partial charge in [0.25, 0.3) is 0 Å². The van der Waals surface area contributed by atoms with Crippen molar-refractivity contribution in [1.82, 2.24) is 0 Å². The molecule has 0 aliphatic heterocycles. The highest BCUT2D eigenvalue weighted by molar-refractivity contribution is 5.87. The van der Waals surface area contributed by atoms with E-state index in [1.54, 1.807) is 0 Å². The zero-order chi connectivity index (χ0) is 8.32. The van der Waals surface area contributed by atoms with Gasteiger partial charge in [-0.2, -0.15) is 0 Å². The fourth-order valence-electron chi connectivity index (χ4n) is 1.60. The molecule has 1 aliphatic carbocycles. The SMILES string of the molecule is C#CCC1(CO)CCCC1=O. The van der Waals surface area contributed by atoms with Crippen molar-refractivity contribution in [2.75, 3.05) is 6.61 Å². The molecule has 11 heavy (non-hydrogen) atoms. The average Bonchev–Trinajstić information content (AvgIpc) is 2.35. The van der Waals surface area contributed by atoms with Gasteiger partial charge in [-0.25, -0.2) is 0 Å². The Labute approximate surface area is 66.6 Å². The highest BCUT2D eigenvalue weighted by Gasteiger charge is 2.40. The first-order chi connectivity index (χ1) is 5.25. The van der Waals surface area contributed by atoms with Gasteiger partial charge in [0.05, 0.1) is 12.0 Å². The summed E-state index contributed by atoms with van der Waals surface area (Å²) in [6, 6.07) is 0. The van der Waals surface area contributed by atoms with Gasteiger partial charge in [0.2, 0.25) is 0 Å². The van der Waals surface area contributed by atoms with Crippen molar-refractivity contribution in [3.8, 4) is 12.3 Å². The van der Waals surface area contributed by atoms with Crippen LogP contribution in [0.15, 0.2) is 0 Å². The summed E-state index contributed by atoms with van der Waals surface area (Å²) >= 11 is 0. The third-order valence-electron chi connectivity index (χ3n) is 2.39. The lowest BCUT2D eigenvalue weighted by molar-refractivity contribution is -0.127. The Bertz CT molecular complexity index is 202. The lowest BCUT2D eigenvalue weighted by Crippen LogP contribution is -2.29. The molecule has 1 rings (SSSR count). The highest BCUT2D eigenvalue weighted by atomic mass is 16.3. The Morgan fingerprint density at radius 3 is 2.82 bits per heavy atom. The van der Waals surface area contributed by atoms with Crippen LogP contribution in [0.2, 0.25) is 0 Å². The summed E-state index contributed by atoms with van der Waals surface area (Å²) < 4.78 is 0. The van der Waals surface area contributed by atoms with Crippen molar-refractivity contribution in [3.05, 3.63) is 0 Å². The number of hydrogen-bond acceptors (Lipinski definition) is 2. The van der Waals surface area contributed by atoms with Crippen molar-refractivity contribution in [3.63, 3.8) is 0 Å². The molecule has 0 radical (unpaired) electrons. The number of Topliss-reactive ketones (excluding diaryl/α,β-unsaturated/α-hetero) is 1. The molecule has 0 saturated heterocycles. The van der Waals surface area contributed by atoms with Gasteiger partial charge >= 0.3 is 0 Å². The number of aliphatic hydroxyl groups excluding tert-OH is 1. The lowest BCUT2D eigenvalue weighted by Gasteiger charge is -2.21. The Morgan fingerprint density at radius 1 is 1.73 bits per heavy atom. The van der Waals surface area contributed by atoms with E-state index < -0.39 is 5.41 Å². The van der Waals surface area contributed by atoms with E-state index in [9.17, 15) is 4.79 Å². The van der Waals surface area contributed by atoms with Gasteiger partial charge in [-0.05, 0) is 12.8 Å². The normalized spacial score (nSPS) is 30.4. The molecule has 2 nitrogen and oxygen atoms in total. The minimum absolute atomic E-state index is 0.0873. The molecule has 1 N–H and O–H groups in total. The molecule has 0 heterocycles. The average molecular weight is 152 g/mol. The van der Waals surface area contributed by atoms with Crippen LogP contribution < -0.4 is 0 Å². The van der Waals surface area contributed by atoms with E-state index in [2.05, 4.69) is 5.92 Å². The van der Waals surface area contributed by atoms with Crippen LogP contribution in [0, 0.1) is 17.8 Å². The molecule has 2 heteroatoms. The van der Waals surface area contributed by atoms with Gasteiger partial charge in [0.15, 0.2) is 0 Å². The van der Waals surface area contributed by atoms with Crippen molar-refractivity contribution < 1.29 is 9.90 Å². The smallest absolute Gasteiger partial charge is 0.142 e. The van der Waals surface area contributed by atoms with Crippen LogP contribution in [0.5, 0.6) is 0 Å². The van der Waals surface area contributed by atoms with Gasteiger partial charge in [0, 0.05) is 12.8 Å². The molecule has 0 bridgehead atoms. The monoisotopic (exact) mass is 152 g/mol. The standard InChI is InChI=1S/C9H12O2/c1-2-5-9(7-10)6-3-4-8(9)11/h1,10H,3-7H2. The minimum Gasteiger partial charge on any atom is -0.395 e. The summed E-state index contributed by atoms with van der Waals surface area (Å²) in [4.78, 5) is 11.3. The van der Waals surface area contributed by atoms with E-state index in [4.69, 9.17) is 11.5 Å².